The third-order valence-corrected chi connectivity index (χ3v) is 2.93. The average Bonchev–Trinajstić information content (AvgIpc) is 2.71. The van der Waals surface area contributed by atoms with E-state index in [1.165, 1.54) is 0 Å². The Morgan fingerprint density at radius 3 is 2.73 bits per heavy atom. The molecule has 78 valence electrons. The molecule has 0 aromatic carbocycles. The van der Waals surface area contributed by atoms with Crippen molar-refractivity contribution >= 4 is 17.3 Å². The number of carboxylic acid groups (broad SMARTS) is 1. The number of hydrogen-bond acceptors (Lipinski definition) is 5. The van der Waals surface area contributed by atoms with Crippen LogP contribution in [-0.4, -0.2) is 21.0 Å². The zero-order valence-electron chi connectivity index (χ0n) is 8.14. The van der Waals surface area contributed by atoms with Gasteiger partial charge in [0.05, 0.1) is 11.9 Å². The highest BCUT2D eigenvalue weighted by molar-refractivity contribution is 7.16. The molecule has 5 nitrogen and oxygen atoms in total. The molecule has 1 N–H and O–H groups in total. The summed E-state index contributed by atoms with van der Waals surface area (Å²) in [7, 11) is 0. The van der Waals surface area contributed by atoms with Crippen molar-refractivity contribution in [2.75, 3.05) is 0 Å². The minimum atomic E-state index is -0.973. The molecule has 6 heteroatoms. The lowest BCUT2D eigenvalue weighted by atomic mass is 10.4. The fourth-order valence-electron chi connectivity index (χ4n) is 1.14. The topological polar surface area (TPSA) is 76.2 Å². The molecule has 0 aliphatic carbocycles. The summed E-state index contributed by atoms with van der Waals surface area (Å²) in [6, 6.07) is 0. The van der Waals surface area contributed by atoms with Crippen LogP contribution in [-0.2, 0) is 0 Å². The van der Waals surface area contributed by atoms with Crippen LogP contribution in [0.2, 0.25) is 0 Å². The lowest BCUT2D eigenvalue weighted by Gasteiger charge is -1.84. The van der Waals surface area contributed by atoms with Crippen LogP contribution in [0.3, 0.4) is 0 Å². The second kappa shape index (κ2) is 3.47. The standard InChI is InChI=1S/C9H8N2O3S/c1-4-3-10-7(14-4)8-11-5(2)6(15-8)9(12)13/h3H,1-2H3,(H,12,13). The van der Waals surface area contributed by atoms with Crippen molar-refractivity contribution in [3.8, 4) is 10.9 Å². The van der Waals surface area contributed by atoms with Crippen molar-refractivity contribution < 1.29 is 14.3 Å². The van der Waals surface area contributed by atoms with Crippen LogP contribution in [0.1, 0.15) is 21.1 Å². The Balaban J connectivity index is 2.46. The van der Waals surface area contributed by atoms with E-state index in [1.54, 1.807) is 20.0 Å². The van der Waals surface area contributed by atoms with E-state index >= 15 is 0 Å². The monoisotopic (exact) mass is 224 g/mol. The van der Waals surface area contributed by atoms with Crippen molar-refractivity contribution in [1.82, 2.24) is 9.97 Å². The summed E-state index contributed by atoms with van der Waals surface area (Å²) in [6.07, 6.45) is 1.58. The van der Waals surface area contributed by atoms with Gasteiger partial charge in [-0.25, -0.2) is 14.8 Å². The molecule has 0 saturated heterocycles. The molecule has 0 radical (unpaired) electrons. The zero-order chi connectivity index (χ0) is 11.0. The first-order valence-electron chi connectivity index (χ1n) is 4.21. The van der Waals surface area contributed by atoms with Crippen LogP contribution >= 0.6 is 11.3 Å². The van der Waals surface area contributed by atoms with E-state index < -0.39 is 5.97 Å². The quantitative estimate of drug-likeness (QED) is 0.845. The molecule has 2 heterocycles. The molecule has 0 spiro atoms. The van der Waals surface area contributed by atoms with Gasteiger partial charge in [0.25, 0.3) is 5.89 Å². The molecule has 0 fully saturated rings. The van der Waals surface area contributed by atoms with E-state index in [4.69, 9.17) is 9.52 Å². The molecule has 0 atom stereocenters. The smallest absolute Gasteiger partial charge is 0.347 e. The average molecular weight is 224 g/mol. The van der Waals surface area contributed by atoms with Gasteiger partial charge in [-0.3, -0.25) is 0 Å². The summed E-state index contributed by atoms with van der Waals surface area (Å²) in [5, 5.41) is 9.35. The summed E-state index contributed by atoms with van der Waals surface area (Å²) >= 11 is 1.07. The zero-order valence-corrected chi connectivity index (χ0v) is 8.96. The minimum Gasteiger partial charge on any atom is -0.477 e. The van der Waals surface area contributed by atoms with E-state index in [0.29, 0.717) is 22.4 Å². The normalized spacial score (nSPS) is 10.5. The highest BCUT2D eigenvalue weighted by Gasteiger charge is 2.17. The molecule has 2 rings (SSSR count). The molecule has 0 amide bonds. The maximum atomic E-state index is 10.8. The van der Waals surface area contributed by atoms with E-state index in [1.807, 2.05) is 0 Å². The number of carbonyl (C=O) groups is 1. The molecule has 0 aliphatic rings. The van der Waals surface area contributed by atoms with Gasteiger partial charge >= 0.3 is 5.97 Å². The Hall–Kier alpha value is -1.69. The van der Waals surface area contributed by atoms with Crippen LogP contribution in [0, 0.1) is 13.8 Å². The fraction of sp³-hybridized carbons (Fsp3) is 0.222. The lowest BCUT2D eigenvalue weighted by molar-refractivity contribution is 0.0701. The van der Waals surface area contributed by atoms with E-state index in [0.717, 1.165) is 11.3 Å². The highest BCUT2D eigenvalue weighted by Crippen LogP contribution is 2.27. The van der Waals surface area contributed by atoms with Crippen LogP contribution in [0.25, 0.3) is 10.9 Å². The van der Waals surface area contributed by atoms with Crippen molar-refractivity contribution in [3.05, 3.63) is 22.5 Å². The molecule has 2 aromatic rings. The Morgan fingerprint density at radius 2 is 2.27 bits per heavy atom. The fourth-order valence-corrected chi connectivity index (χ4v) is 1.98. The second-order valence-electron chi connectivity index (χ2n) is 3.01. The Labute approximate surface area is 89.4 Å². The van der Waals surface area contributed by atoms with Crippen molar-refractivity contribution in [2.24, 2.45) is 0 Å². The minimum absolute atomic E-state index is 0.223. The number of aryl methyl sites for hydroxylation is 2. The summed E-state index contributed by atoms with van der Waals surface area (Å²) in [4.78, 5) is 19.1. The van der Waals surface area contributed by atoms with Gasteiger partial charge in [-0.2, -0.15) is 0 Å². The first kappa shape index (κ1) is 9.85. The van der Waals surface area contributed by atoms with Gasteiger partial charge in [-0.1, -0.05) is 0 Å². The number of aromatic carboxylic acids is 1. The number of thiazole rings is 1. The number of oxazole rings is 1. The van der Waals surface area contributed by atoms with Crippen molar-refractivity contribution in [1.29, 1.82) is 0 Å². The van der Waals surface area contributed by atoms with Crippen molar-refractivity contribution in [3.63, 3.8) is 0 Å². The van der Waals surface area contributed by atoms with Gasteiger partial charge in [0.2, 0.25) is 0 Å². The van der Waals surface area contributed by atoms with Gasteiger partial charge in [0.1, 0.15) is 10.6 Å². The van der Waals surface area contributed by atoms with Crippen molar-refractivity contribution in [2.45, 2.75) is 13.8 Å². The third-order valence-electron chi connectivity index (χ3n) is 1.80. The Kier molecular flexibility index (Phi) is 2.28. The van der Waals surface area contributed by atoms with Gasteiger partial charge in [-0.05, 0) is 13.8 Å². The first-order chi connectivity index (χ1) is 7.08. The summed E-state index contributed by atoms with van der Waals surface area (Å²) in [5.74, 6) is 0.0716. The van der Waals surface area contributed by atoms with Crippen LogP contribution in [0.4, 0.5) is 0 Å². The summed E-state index contributed by atoms with van der Waals surface area (Å²) in [6.45, 7) is 3.42. The molecule has 0 saturated carbocycles. The largest absolute Gasteiger partial charge is 0.477 e. The van der Waals surface area contributed by atoms with Gasteiger partial charge in [0.15, 0.2) is 5.01 Å². The SMILES string of the molecule is Cc1cnc(-c2nc(C)c(C(=O)O)s2)o1. The third kappa shape index (κ3) is 1.75. The predicted molar refractivity (Wildman–Crippen MR) is 54.0 cm³/mol. The van der Waals surface area contributed by atoms with Gasteiger partial charge in [0, 0.05) is 0 Å². The van der Waals surface area contributed by atoms with Crippen LogP contribution < -0.4 is 0 Å². The number of hydrogen-bond donors (Lipinski definition) is 1. The number of aromatic nitrogens is 2. The first-order valence-corrected chi connectivity index (χ1v) is 5.03. The molecule has 0 bridgehead atoms. The number of rotatable bonds is 2. The van der Waals surface area contributed by atoms with Crippen LogP contribution in [0.5, 0.6) is 0 Å². The highest BCUT2D eigenvalue weighted by atomic mass is 32.1. The lowest BCUT2D eigenvalue weighted by Crippen LogP contribution is -1.94. The van der Waals surface area contributed by atoms with Gasteiger partial charge < -0.3 is 9.52 Å². The van der Waals surface area contributed by atoms with E-state index in [2.05, 4.69) is 9.97 Å². The predicted octanol–water partition coefficient (Wildman–Crippen LogP) is 2.11. The molecule has 15 heavy (non-hydrogen) atoms. The van der Waals surface area contributed by atoms with Crippen LogP contribution in [0.15, 0.2) is 10.6 Å². The number of nitrogens with zero attached hydrogens (tertiary/aromatic N) is 2. The molecule has 0 unspecified atom stereocenters. The Bertz CT molecular complexity index is 515. The maximum Gasteiger partial charge on any atom is 0.347 e. The second-order valence-corrected chi connectivity index (χ2v) is 4.01. The maximum absolute atomic E-state index is 10.8. The Morgan fingerprint density at radius 1 is 1.53 bits per heavy atom. The van der Waals surface area contributed by atoms with E-state index in [9.17, 15) is 4.79 Å². The van der Waals surface area contributed by atoms with Gasteiger partial charge in [-0.15, -0.1) is 11.3 Å². The molecule has 0 aliphatic heterocycles. The molecule has 2 aromatic heterocycles. The molecular formula is C9H8N2O3S. The number of carboxylic acids is 1. The summed E-state index contributed by atoms with van der Waals surface area (Å²) < 4.78 is 5.26. The van der Waals surface area contributed by atoms with E-state index in [-0.39, 0.29) is 4.88 Å². The molecular weight excluding hydrogens is 216 g/mol. The summed E-state index contributed by atoms with van der Waals surface area (Å²) in [5.41, 5.74) is 0.485.